The Morgan fingerprint density at radius 1 is 0.944 bits per heavy atom. The fourth-order valence-electron chi connectivity index (χ4n) is 2.31. The summed E-state index contributed by atoms with van der Waals surface area (Å²) in [6.45, 7) is 6.91. The van der Waals surface area contributed by atoms with E-state index in [1.165, 1.54) is 70.8 Å². The molecular weight excluding hydrogens is 220 g/mol. The Labute approximate surface area is 114 Å². The molecule has 0 spiro atoms. The molecule has 0 bridgehead atoms. The van der Waals surface area contributed by atoms with Crippen molar-refractivity contribution in [1.82, 2.24) is 10.6 Å². The van der Waals surface area contributed by atoms with Crippen molar-refractivity contribution in [2.75, 3.05) is 13.1 Å². The Hall–Kier alpha value is -0.0800. The molecule has 0 aromatic heterocycles. The van der Waals surface area contributed by atoms with E-state index in [1.807, 2.05) is 0 Å². The molecule has 0 aliphatic heterocycles. The van der Waals surface area contributed by atoms with E-state index in [-0.39, 0.29) is 0 Å². The average Bonchev–Trinajstić information content (AvgIpc) is 3.18. The molecule has 1 saturated carbocycles. The van der Waals surface area contributed by atoms with Crippen LogP contribution in [0.1, 0.15) is 78.1 Å². The van der Waals surface area contributed by atoms with Crippen molar-refractivity contribution in [2.24, 2.45) is 0 Å². The van der Waals surface area contributed by atoms with Crippen LogP contribution in [-0.2, 0) is 0 Å². The van der Waals surface area contributed by atoms with Gasteiger partial charge in [0.1, 0.15) is 0 Å². The summed E-state index contributed by atoms with van der Waals surface area (Å²) in [6, 6.07) is 1.48. The third kappa shape index (κ3) is 9.90. The van der Waals surface area contributed by atoms with Gasteiger partial charge in [0.25, 0.3) is 0 Å². The molecule has 1 aliphatic rings. The zero-order chi connectivity index (χ0) is 13.1. The van der Waals surface area contributed by atoms with Gasteiger partial charge in [-0.15, -0.1) is 0 Å². The molecule has 0 amide bonds. The quantitative estimate of drug-likeness (QED) is 0.488. The summed E-state index contributed by atoms with van der Waals surface area (Å²) in [5.41, 5.74) is 0. The van der Waals surface area contributed by atoms with E-state index in [1.54, 1.807) is 0 Å². The number of hydrogen-bond donors (Lipinski definition) is 2. The first-order chi connectivity index (χ1) is 8.83. The predicted octanol–water partition coefficient (Wildman–Crippen LogP) is 3.86. The molecule has 2 N–H and O–H groups in total. The molecule has 2 nitrogen and oxygen atoms in total. The Morgan fingerprint density at radius 3 is 2.17 bits per heavy atom. The van der Waals surface area contributed by atoms with Gasteiger partial charge in [-0.1, -0.05) is 51.9 Å². The second kappa shape index (κ2) is 10.8. The lowest BCUT2D eigenvalue weighted by atomic mass is 10.1. The van der Waals surface area contributed by atoms with Crippen molar-refractivity contribution in [1.29, 1.82) is 0 Å². The largest absolute Gasteiger partial charge is 0.313 e. The van der Waals surface area contributed by atoms with Crippen molar-refractivity contribution in [2.45, 2.75) is 90.1 Å². The fourth-order valence-corrected chi connectivity index (χ4v) is 2.31. The summed E-state index contributed by atoms with van der Waals surface area (Å²) >= 11 is 0. The number of rotatable bonds is 13. The van der Waals surface area contributed by atoms with E-state index in [0.29, 0.717) is 6.04 Å². The Kier molecular flexibility index (Phi) is 9.59. The van der Waals surface area contributed by atoms with Gasteiger partial charge >= 0.3 is 0 Å². The van der Waals surface area contributed by atoms with Gasteiger partial charge in [-0.25, -0.2) is 0 Å². The third-order valence-electron chi connectivity index (χ3n) is 3.81. The van der Waals surface area contributed by atoms with Gasteiger partial charge in [-0.05, 0) is 32.7 Å². The van der Waals surface area contributed by atoms with Gasteiger partial charge in [0.2, 0.25) is 0 Å². The zero-order valence-corrected chi connectivity index (χ0v) is 12.6. The first-order valence-corrected chi connectivity index (χ1v) is 8.29. The highest BCUT2D eigenvalue weighted by Crippen LogP contribution is 2.18. The van der Waals surface area contributed by atoms with Gasteiger partial charge < -0.3 is 10.6 Å². The zero-order valence-electron chi connectivity index (χ0n) is 12.6. The summed E-state index contributed by atoms with van der Waals surface area (Å²) in [7, 11) is 0. The number of nitrogens with one attached hydrogen (secondary N) is 2. The van der Waals surface area contributed by atoms with Crippen LogP contribution in [0.3, 0.4) is 0 Å². The fraction of sp³-hybridized carbons (Fsp3) is 1.00. The van der Waals surface area contributed by atoms with Gasteiger partial charge in [-0.3, -0.25) is 0 Å². The predicted molar refractivity (Wildman–Crippen MR) is 81.1 cm³/mol. The van der Waals surface area contributed by atoms with Crippen LogP contribution >= 0.6 is 0 Å². The average molecular weight is 254 g/mol. The minimum atomic E-state index is 0.634. The maximum Gasteiger partial charge on any atom is 0.0164 e. The lowest BCUT2D eigenvalue weighted by Gasteiger charge is -2.14. The summed E-state index contributed by atoms with van der Waals surface area (Å²) < 4.78 is 0. The standard InChI is InChI=1S/C16H34N2/c1-3-4-5-6-7-8-9-10-13-17-15(2)14-18-16-11-12-16/h15-18H,3-14H2,1-2H3. The van der Waals surface area contributed by atoms with Crippen LogP contribution < -0.4 is 10.6 Å². The van der Waals surface area contributed by atoms with Crippen LogP contribution in [0, 0.1) is 0 Å². The molecule has 0 saturated heterocycles. The van der Waals surface area contributed by atoms with Gasteiger partial charge in [0, 0.05) is 18.6 Å². The molecule has 1 fully saturated rings. The molecule has 18 heavy (non-hydrogen) atoms. The topological polar surface area (TPSA) is 24.1 Å². The summed E-state index contributed by atoms with van der Waals surface area (Å²) in [6.07, 6.45) is 14.1. The van der Waals surface area contributed by atoms with Crippen molar-refractivity contribution in [3.63, 3.8) is 0 Å². The van der Waals surface area contributed by atoms with Crippen LogP contribution in [0.15, 0.2) is 0 Å². The number of unbranched alkanes of at least 4 members (excludes halogenated alkanes) is 7. The van der Waals surface area contributed by atoms with Crippen LogP contribution in [-0.4, -0.2) is 25.2 Å². The highest BCUT2D eigenvalue weighted by molar-refractivity contribution is 4.82. The minimum absolute atomic E-state index is 0.634. The normalized spacial score (nSPS) is 17.0. The molecule has 2 heteroatoms. The van der Waals surface area contributed by atoms with Gasteiger partial charge in [0.05, 0.1) is 0 Å². The smallest absolute Gasteiger partial charge is 0.0164 e. The van der Waals surface area contributed by atoms with E-state index in [4.69, 9.17) is 0 Å². The molecule has 0 aromatic rings. The Balaban J connectivity index is 1.71. The summed E-state index contributed by atoms with van der Waals surface area (Å²) in [4.78, 5) is 0. The van der Waals surface area contributed by atoms with Crippen molar-refractivity contribution >= 4 is 0 Å². The monoisotopic (exact) mass is 254 g/mol. The molecule has 1 unspecified atom stereocenters. The second-order valence-corrected chi connectivity index (χ2v) is 6.01. The lowest BCUT2D eigenvalue weighted by molar-refractivity contribution is 0.481. The van der Waals surface area contributed by atoms with Crippen molar-refractivity contribution in [3.05, 3.63) is 0 Å². The van der Waals surface area contributed by atoms with E-state index in [0.717, 1.165) is 12.6 Å². The molecule has 0 radical (unpaired) electrons. The molecule has 0 aromatic carbocycles. The molecule has 108 valence electrons. The van der Waals surface area contributed by atoms with Crippen LogP contribution in [0.2, 0.25) is 0 Å². The maximum absolute atomic E-state index is 3.61. The molecule has 1 atom stereocenters. The molecule has 1 rings (SSSR count). The van der Waals surface area contributed by atoms with Crippen LogP contribution in [0.25, 0.3) is 0 Å². The van der Waals surface area contributed by atoms with E-state index >= 15 is 0 Å². The number of hydrogen-bond acceptors (Lipinski definition) is 2. The maximum atomic E-state index is 3.61. The van der Waals surface area contributed by atoms with Crippen LogP contribution in [0.4, 0.5) is 0 Å². The van der Waals surface area contributed by atoms with Crippen molar-refractivity contribution in [3.8, 4) is 0 Å². The summed E-state index contributed by atoms with van der Waals surface area (Å²) in [5, 5.41) is 7.19. The SMILES string of the molecule is CCCCCCCCCCNC(C)CNC1CC1. The van der Waals surface area contributed by atoms with Crippen LogP contribution in [0.5, 0.6) is 0 Å². The Morgan fingerprint density at radius 2 is 1.56 bits per heavy atom. The van der Waals surface area contributed by atoms with E-state index in [9.17, 15) is 0 Å². The second-order valence-electron chi connectivity index (χ2n) is 6.01. The highest BCUT2D eigenvalue weighted by atomic mass is 15.0. The van der Waals surface area contributed by atoms with Gasteiger partial charge in [0.15, 0.2) is 0 Å². The van der Waals surface area contributed by atoms with E-state index < -0.39 is 0 Å². The minimum Gasteiger partial charge on any atom is -0.313 e. The third-order valence-corrected chi connectivity index (χ3v) is 3.81. The molecular formula is C16H34N2. The molecule has 1 aliphatic carbocycles. The lowest BCUT2D eigenvalue weighted by Crippen LogP contribution is -2.37. The Bertz CT molecular complexity index is 178. The van der Waals surface area contributed by atoms with E-state index in [2.05, 4.69) is 24.5 Å². The first-order valence-electron chi connectivity index (χ1n) is 8.29. The van der Waals surface area contributed by atoms with Gasteiger partial charge in [-0.2, -0.15) is 0 Å². The highest BCUT2D eigenvalue weighted by Gasteiger charge is 2.20. The summed E-state index contributed by atoms with van der Waals surface area (Å²) in [5.74, 6) is 0. The first kappa shape index (κ1) is 16.0. The van der Waals surface area contributed by atoms with Crippen molar-refractivity contribution < 1.29 is 0 Å². The molecule has 0 heterocycles.